The molecule has 26 heavy (non-hydrogen) atoms. The van der Waals surface area contributed by atoms with Crippen LogP contribution in [0.2, 0.25) is 0 Å². The minimum Gasteiger partial charge on any atom is -0.353 e. The highest BCUT2D eigenvalue weighted by Crippen LogP contribution is 2.28. The van der Waals surface area contributed by atoms with Gasteiger partial charge in [-0.05, 0) is 12.1 Å². The van der Waals surface area contributed by atoms with Crippen molar-refractivity contribution in [2.75, 3.05) is 31.1 Å². The predicted octanol–water partition coefficient (Wildman–Crippen LogP) is 1.16. The van der Waals surface area contributed by atoms with Gasteiger partial charge in [0.25, 0.3) is 5.82 Å². The molecule has 1 fully saturated rings. The highest BCUT2D eigenvalue weighted by atomic mass is 19.4. The van der Waals surface area contributed by atoms with Crippen LogP contribution in [-0.2, 0) is 12.7 Å². The maximum atomic E-state index is 13.0. The Hall–Kier alpha value is -2.76. The van der Waals surface area contributed by atoms with Gasteiger partial charge < -0.3 is 9.42 Å². The van der Waals surface area contributed by atoms with Crippen LogP contribution in [-0.4, -0.2) is 61.0 Å². The quantitative estimate of drug-likeness (QED) is 0.680. The molecule has 0 unspecified atom stereocenters. The molecule has 12 heteroatoms. The summed E-state index contributed by atoms with van der Waals surface area (Å²) in [4.78, 5) is 8.25. The van der Waals surface area contributed by atoms with Crippen LogP contribution in [0.15, 0.2) is 16.7 Å². The van der Waals surface area contributed by atoms with Crippen molar-refractivity contribution < 1.29 is 17.7 Å². The van der Waals surface area contributed by atoms with Crippen molar-refractivity contribution in [3.05, 3.63) is 29.7 Å². The number of piperazine rings is 1. The molecule has 0 aromatic carbocycles. The minimum absolute atomic E-state index is 0.0622. The Kier molecular flexibility index (Phi) is 3.98. The Balaban J connectivity index is 1.47. The van der Waals surface area contributed by atoms with E-state index in [9.17, 15) is 13.2 Å². The summed E-state index contributed by atoms with van der Waals surface area (Å²) in [5, 5.41) is 14.7. The number of rotatable bonds is 3. The minimum atomic E-state index is -4.60. The second kappa shape index (κ2) is 6.20. The fraction of sp³-hybridized carbons (Fsp3) is 0.500. The SMILES string of the molecule is Cc1nc(CN2CCN(c3ccc4nnc(C(F)(F)F)n4n3)CC2)no1. The van der Waals surface area contributed by atoms with Crippen molar-refractivity contribution in [2.45, 2.75) is 19.6 Å². The normalized spacial score (nSPS) is 16.5. The summed E-state index contributed by atoms with van der Waals surface area (Å²) < 4.78 is 44.6. The van der Waals surface area contributed by atoms with E-state index in [4.69, 9.17) is 4.52 Å². The van der Waals surface area contributed by atoms with E-state index in [2.05, 4.69) is 30.3 Å². The van der Waals surface area contributed by atoms with Crippen molar-refractivity contribution in [3.63, 3.8) is 0 Å². The van der Waals surface area contributed by atoms with Crippen molar-refractivity contribution in [2.24, 2.45) is 0 Å². The van der Waals surface area contributed by atoms with Crippen LogP contribution in [0.25, 0.3) is 5.65 Å². The van der Waals surface area contributed by atoms with E-state index >= 15 is 0 Å². The fourth-order valence-corrected chi connectivity index (χ4v) is 2.87. The number of nitrogens with zero attached hydrogens (tertiary/aromatic N) is 8. The van der Waals surface area contributed by atoms with Crippen LogP contribution in [0.1, 0.15) is 17.5 Å². The van der Waals surface area contributed by atoms with Gasteiger partial charge in [0.05, 0.1) is 6.54 Å². The summed E-state index contributed by atoms with van der Waals surface area (Å²) in [5.74, 6) is 0.471. The van der Waals surface area contributed by atoms with Gasteiger partial charge in [-0.25, -0.2) is 0 Å². The molecule has 0 saturated carbocycles. The molecule has 3 aromatic heterocycles. The van der Waals surface area contributed by atoms with E-state index in [1.807, 2.05) is 4.90 Å². The third kappa shape index (κ3) is 3.19. The first-order chi connectivity index (χ1) is 12.4. The number of halogens is 3. The lowest BCUT2D eigenvalue weighted by molar-refractivity contribution is -0.146. The summed E-state index contributed by atoms with van der Waals surface area (Å²) in [6, 6.07) is 3.14. The first kappa shape index (κ1) is 16.7. The average Bonchev–Trinajstić information content (AvgIpc) is 3.20. The molecule has 138 valence electrons. The van der Waals surface area contributed by atoms with E-state index in [1.54, 1.807) is 13.0 Å². The molecule has 0 amide bonds. The molecule has 1 aliphatic rings. The third-order valence-corrected chi connectivity index (χ3v) is 4.13. The van der Waals surface area contributed by atoms with Gasteiger partial charge in [0.15, 0.2) is 11.5 Å². The van der Waals surface area contributed by atoms with Gasteiger partial charge in [-0.2, -0.15) is 22.7 Å². The number of hydrogen-bond acceptors (Lipinski definition) is 8. The number of fused-ring (bicyclic) bond motifs is 1. The molecular weight excluding hydrogens is 353 g/mol. The number of aromatic nitrogens is 6. The fourth-order valence-electron chi connectivity index (χ4n) is 2.87. The van der Waals surface area contributed by atoms with Gasteiger partial charge >= 0.3 is 6.18 Å². The molecular formula is C14H15F3N8O. The molecule has 0 N–H and O–H groups in total. The van der Waals surface area contributed by atoms with Crippen LogP contribution in [0, 0.1) is 6.92 Å². The standard InChI is InChI=1S/C14H15F3N8O/c1-9-18-10(22-26-9)8-23-4-6-24(7-5-23)12-3-2-11-19-20-13(14(15,16)17)25(11)21-12/h2-3H,4-8H2,1H3. The van der Waals surface area contributed by atoms with Gasteiger partial charge in [0.2, 0.25) is 5.89 Å². The Labute approximate surface area is 145 Å². The zero-order chi connectivity index (χ0) is 18.3. The second-order valence-electron chi connectivity index (χ2n) is 5.98. The molecule has 4 rings (SSSR count). The van der Waals surface area contributed by atoms with Gasteiger partial charge in [0, 0.05) is 33.1 Å². The first-order valence-corrected chi connectivity index (χ1v) is 7.96. The van der Waals surface area contributed by atoms with E-state index in [0.717, 1.165) is 4.52 Å². The van der Waals surface area contributed by atoms with Gasteiger partial charge in [-0.1, -0.05) is 5.16 Å². The lowest BCUT2D eigenvalue weighted by Crippen LogP contribution is -2.46. The largest absolute Gasteiger partial charge is 0.453 e. The monoisotopic (exact) mass is 368 g/mol. The van der Waals surface area contributed by atoms with Crippen LogP contribution in [0.3, 0.4) is 0 Å². The average molecular weight is 368 g/mol. The van der Waals surface area contributed by atoms with Crippen LogP contribution >= 0.6 is 0 Å². The molecule has 1 aliphatic heterocycles. The Morgan fingerprint density at radius 1 is 1.12 bits per heavy atom. The molecule has 0 aliphatic carbocycles. The first-order valence-electron chi connectivity index (χ1n) is 7.96. The molecule has 0 bridgehead atoms. The summed E-state index contributed by atoms with van der Waals surface area (Å²) in [6.07, 6.45) is -4.60. The number of hydrogen-bond donors (Lipinski definition) is 0. The summed E-state index contributed by atoms with van der Waals surface area (Å²) in [6.45, 7) is 4.97. The zero-order valence-electron chi connectivity index (χ0n) is 13.8. The maximum absolute atomic E-state index is 13.0. The van der Waals surface area contributed by atoms with Gasteiger partial charge in [-0.15, -0.1) is 15.3 Å². The Morgan fingerprint density at radius 2 is 1.88 bits per heavy atom. The molecule has 0 radical (unpaired) electrons. The summed E-state index contributed by atoms with van der Waals surface area (Å²) in [5.41, 5.74) is 0.0622. The molecule has 9 nitrogen and oxygen atoms in total. The van der Waals surface area contributed by atoms with Gasteiger partial charge in [0.1, 0.15) is 5.82 Å². The van der Waals surface area contributed by atoms with Crippen LogP contribution < -0.4 is 4.90 Å². The molecule has 0 spiro atoms. The maximum Gasteiger partial charge on any atom is 0.453 e. The van der Waals surface area contributed by atoms with Crippen LogP contribution in [0.4, 0.5) is 19.0 Å². The topological polar surface area (TPSA) is 88.5 Å². The number of aryl methyl sites for hydroxylation is 1. The zero-order valence-corrected chi connectivity index (χ0v) is 13.8. The van der Waals surface area contributed by atoms with Gasteiger partial charge in [-0.3, -0.25) is 4.90 Å². The van der Waals surface area contributed by atoms with E-state index in [1.165, 1.54) is 6.07 Å². The lowest BCUT2D eigenvalue weighted by Gasteiger charge is -2.34. The van der Waals surface area contributed by atoms with Crippen molar-refractivity contribution in [1.29, 1.82) is 0 Å². The second-order valence-corrected chi connectivity index (χ2v) is 5.98. The highest BCUT2D eigenvalue weighted by molar-refractivity contribution is 5.46. The summed E-state index contributed by atoms with van der Waals surface area (Å²) >= 11 is 0. The van der Waals surface area contributed by atoms with Crippen molar-refractivity contribution >= 4 is 11.5 Å². The van der Waals surface area contributed by atoms with Crippen molar-refractivity contribution in [3.8, 4) is 0 Å². The number of alkyl halides is 3. The Bertz CT molecular complexity index is 912. The Morgan fingerprint density at radius 3 is 2.54 bits per heavy atom. The van der Waals surface area contributed by atoms with E-state index in [0.29, 0.717) is 50.3 Å². The lowest BCUT2D eigenvalue weighted by atomic mass is 10.3. The third-order valence-electron chi connectivity index (χ3n) is 4.13. The number of anilines is 1. The molecule has 1 saturated heterocycles. The predicted molar refractivity (Wildman–Crippen MR) is 82.3 cm³/mol. The van der Waals surface area contributed by atoms with E-state index < -0.39 is 12.0 Å². The smallest absolute Gasteiger partial charge is 0.353 e. The van der Waals surface area contributed by atoms with E-state index in [-0.39, 0.29) is 5.65 Å². The van der Waals surface area contributed by atoms with Crippen molar-refractivity contribution in [1.82, 2.24) is 34.9 Å². The molecule has 0 atom stereocenters. The highest BCUT2D eigenvalue weighted by Gasteiger charge is 2.37. The van der Waals surface area contributed by atoms with Crippen LogP contribution in [0.5, 0.6) is 0 Å². The summed E-state index contributed by atoms with van der Waals surface area (Å²) in [7, 11) is 0. The molecule has 4 heterocycles. The molecule has 3 aromatic rings.